The summed E-state index contributed by atoms with van der Waals surface area (Å²) in [5.41, 5.74) is 1.29. The summed E-state index contributed by atoms with van der Waals surface area (Å²) in [7, 11) is -4.19. The van der Waals surface area contributed by atoms with E-state index in [1.807, 2.05) is 13.8 Å². The highest BCUT2D eigenvalue weighted by molar-refractivity contribution is 7.93. The van der Waals surface area contributed by atoms with Crippen molar-refractivity contribution in [2.45, 2.75) is 25.7 Å². The Bertz CT molecular complexity index is 1140. The number of hydrogen-bond donors (Lipinski definition) is 0. The molecule has 6 nitrogen and oxygen atoms in total. The van der Waals surface area contributed by atoms with Gasteiger partial charge in [0.1, 0.15) is 11.5 Å². The van der Waals surface area contributed by atoms with E-state index in [0.717, 1.165) is 9.87 Å². The van der Waals surface area contributed by atoms with Crippen LogP contribution in [0.2, 0.25) is 0 Å². The van der Waals surface area contributed by atoms with Crippen molar-refractivity contribution in [1.29, 1.82) is 0 Å². The number of para-hydroxylation sites is 1. The fourth-order valence-corrected chi connectivity index (χ4v) is 4.47. The van der Waals surface area contributed by atoms with Crippen molar-refractivity contribution in [2.24, 2.45) is 0 Å². The first-order valence-corrected chi connectivity index (χ1v) is 11.4. The van der Waals surface area contributed by atoms with Crippen molar-refractivity contribution >= 4 is 21.6 Å². The van der Waals surface area contributed by atoms with Gasteiger partial charge in [-0.3, -0.25) is 4.79 Å². The van der Waals surface area contributed by atoms with Gasteiger partial charge in [0, 0.05) is 0 Å². The second kappa shape index (κ2) is 9.66. The predicted octanol–water partition coefficient (Wildman–Crippen LogP) is 4.83. The molecule has 0 atom stereocenters. The molecule has 0 aromatic heterocycles. The minimum Gasteiger partial charge on any atom is -0.494 e. The van der Waals surface area contributed by atoms with Crippen LogP contribution >= 0.6 is 0 Å². The number of anilines is 1. The molecule has 0 N–H and O–H groups in total. The summed E-state index contributed by atoms with van der Waals surface area (Å²) in [5, 5.41) is 0. The van der Waals surface area contributed by atoms with Gasteiger partial charge in [0.15, 0.2) is 0 Å². The summed E-state index contributed by atoms with van der Waals surface area (Å²) < 4.78 is 39.0. The molecule has 0 bridgehead atoms. The molecule has 0 unspecified atom stereocenters. The van der Waals surface area contributed by atoms with Crippen LogP contribution in [0.15, 0.2) is 77.7 Å². The molecule has 3 aromatic carbocycles. The Morgan fingerprint density at radius 1 is 0.839 bits per heavy atom. The molecule has 3 aromatic rings. The molecular formula is C24H25NO5S. The Balaban J connectivity index is 2.15. The third kappa shape index (κ3) is 4.88. The van der Waals surface area contributed by atoms with Crippen LogP contribution in [0.3, 0.4) is 0 Å². The van der Waals surface area contributed by atoms with Gasteiger partial charge >= 0.3 is 0 Å². The van der Waals surface area contributed by atoms with E-state index >= 15 is 0 Å². The molecule has 0 saturated heterocycles. The van der Waals surface area contributed by atoms with Gasteiger partial charge in [0.2, 0.25) is 0 Å². The highest BCUT2D eigenvalue weighted by Crippen LogP contribution is 2.30. The Hall–Kier alpha value is -3.32. The summed E-state index contributed by atoms with van der Waals surface area (Å²) in [6, 6.07) is 19.4. The van der Waals surface area contributed by atoms with Gasteiger partial charge in [-0.2, -0.15) is 4.31 Å². The van der Waals surface area contributed by atoms with Crippen molar-refractivity contribution in [3.05, 3.63) is 83.9 Å². The van der Waals surface area contributed by atoms with E-state index < -0.39 is 15.9 Å². The molecule has 162 valence electrons. The average Bonchev–Trinajstić information content (AvgIpc) is 2.76. The number of carbonyl (C=O) groups is 1. The number of nitrogens with zero attached hydrogens (tertiary/aromatic N) is 1. The van der Waals surface area contributed by atoms with Crippen molar-refractivity contribution in [1.82, 2.24) is 0 Å². The number of sulfonamides is 1. The van der Waals surface area contributed by atoms with Gasteiger partial charge in [-0.1, -0.05) is 29.8 Å². The maximum Gasteiger partial charge on any atom is 0.276 e. The highest BCUT2D eigenvalue weighted by atomic mass is 32.2. The van der Waals surface area contributed by atoms with Crippen LogP contribution in [0.1, 0.15) is 29.8 Å². The lowest BCUT2D eigenvalue weighted by Crippen LogP contribution is -2.37. The first-order valence-electron chi connectivity index (χ1n) is 9.99. The number of ether oxygens (including phenoxy) is 2. The smallest absolute Gasteiger partial charge is 0.276 e. The van der Waals surface area contributed by atoms with E-state index in [1.165, 1.54) is 12.1 Å². The zero-order chi connectivity index (χ0) is 22.4. The molecule has 0 fully saturated rings. The van der Waals surface area contributed by atoms with Gasteiger partial charge in [-0.25, -0.2) is 8.42 Å². The van der Waals surface area contributed by atoms with E-state index in [1.54, 1.807) is 67.6 Å². The van der Waals surface area contributed by atoms with Crippen LogP contribution in [0.4, 0.5) is 5.69 Å². The van der Waals surface area contributed by atoms with Gasteiger partial charge in [-0.05, 0) is 69.3 Å². The van der Waals surface area contributed by atoms with E-state index in [4.69, 9.17) is 9.47 Å². The van der Waals surface area contributed by atoms with Gasteiger partial charge in [-0.15, -0.1) is 0 Å². The molecule has 7 heteroatoms. The standard InChI is InChI=1S/C24H25NO5S/c1-4-29-20-14-12-19(13-15-20)25(31(27,28)21-16-10-18(3)11-17-21)24(26)22-8-6-7-9-23(22)30-5-2/h6-17H,4-5H2,1-3H3. The molecule has 1 amide bonds. The maximum atomic E-state index is 13.6. The fourth-order valence-electron chi connectivity index (χ4n) is 3.06. The first-order chi connectivity index (χ1) is 14.9. The molecule has 0 spiro atoms. The van der Waals surface area contributed by atoms with Crippen LogP contribution in [0.5, 0.6) is 11.5 Å². The lowest BCUT2D eigenvalue weighted by molar-refractivity contribution is 0.100. The van der Waals surface area contributed by atoms with Crippen LogP contribution < -0.4 is 13.8 Å². The zero-order valence-corrected chi connectivity index (χ0v) is 18.6. The predicted molar refractivity (Wildman–Crippen MR) is 120 cm³/mol. The van der Waals surface area contributed by atoms with E-state index in [2.05, 4.69) is 0 Å². The van der Waals surface area contributed by atoms with Crippen molar-refractivity contribution in [2.75, 3.05) is 17.5 Å². The van der Waals surface area contributed by atoms with Crippen molar-refractivity contribution in [3.8, 4) is 11.5 Å². The molecule has 0 aliphatic rings. The Labute approximate surface area is 183 Å². The molecule has 0 radical (unpaired) electrons. The third-order valence-corrected chi connectivity index (χ3v) is 6.27. The van der Waals surface area contributed by atoms with Crippen molar-refractivity contribution < 1.29 is 22.7 Å². The van der Waals surface area contributed by atoms with Crippen LogP contribution in [0, 0.1) is 6.92 Å². The summed E-state index contributed by atoms with van der Waals surface area (Å²) in [6.07, 6.45) is 0. The molecule has 0 aliphatic carbocycles. The highest BCUT2D eigenvalue weighted by Gasteiger charge is 2.33. The van der Waals surface area contributed by atoms with Gasteiger partial charge in [0.25, 0.3) is 15.9 Å². The topological polar surface area (TPSA) is 72.9 Å². The number of aryl methyl sites for hydroxylation is 1. The SMILES string of the molecule is CCOc1ccc(N(C(=O)c2ccccc2OCC)S(=O)(=O)c2ccc(C)cc2)cc1. The largest absolute Gasteiger partial charge is 0.494 e. The van der Waals surface area contributed by atoms with Gasteiger partial charge in [0.05, 0.1) is 29.4 Å². The minimum absolute atomic E-state index is 0.0224. The number of amides is 1. The van der Waals surface area contributed by atoms with Crippen LogP contribution in [-0.4, -0.2) is 27.5 Å². The van der Waals surface area contributed by atoms with Crippen molar-refractivity contribution in [3.63, 3.8) is 0 Å². The summed E-state index contributed by atoms with van der Waals surface area (Å²) in [5.74, 6) is 0.208. The second-order valence-electron chi connectivity index (χ2n) is 6.74. The van der Waals surface area contributed by atoms with Crippen LogP contribution in [-0.2, 0) is 10.0 Å². The lowest BCUT2D eigenvalue weighted by atomic mass is 10.2. The second-order valence-corrected chi connectivity index (χ2v) is 8.53. The molecular weight excluding hydrogens is 414 g/mol. The normalized spacial score (nSPS) is 11.1. The Morgan fingerprint density at radius 3 is 2.06 bits per heavy atom. The van der Waals surface area contributed by atoms with E-state index in [9.17, 15) is 13.2 Å². The quantitative estimate of drug-likeness (QED) is 0.503. The Morgan fingerprint density at radius 2 is 1.45 bits per heavy atom. The zero-order valence-electron chi connectivity index (χ0n) is 17.7. The molecule has 3 rings (SSSR count). The monoisotopic (exact) mass is 439 g/mol. The fraction of sp³-hybridized carbons (Fsp3) is 0.208. The number of rotatable bonds is 8. The average molecular weight is 440 g/mol. The maximum absolute atomic E-state index is 13.6. The first kappa shape index (κ1) is 22.4. The molecule has 31 heavy (non-hydrogen) atoms. The summed E-state index contributed by atoms with van der Waals surface area (Å²) in [6.45, 7) is 6.35. The van der Waals surface area contributed by atoms with E-state index in [-0.39, 0.29) is 16.1 Å². The lowest BCUT2D eigenvalue weighted by Gasteiger charge is -2.24. The van der Waals surface area contributed by atoms with Crippen LogP contribution in [0.25, 0.3) is 0 Å². The summed E-state index contributed by atoms with van der Waals surface area (Å²) in [4.78, 5) is 13.6. The number of benzene rings is 3. The van der Waals surface area contributed by atoms with Gasteiger partial charge < -0.3 is 9.47 Å². The Kier molecular flexibility index (Phi) is 6.97. The third-order valence-electron chi connectivity index (χ3n) is 4.54. The number of hydrogen-bond acceptors (Lipinski definition) is 5. The number of carbonyl (C=O) groups excluding carboxylic acids is 1. The molecule has 0 heterocycles. The minimum atomic E-state index is -4.19. The van der Waals surface area contributed by atoms with E-state index in [0.29, 0.717) is 24.7 Å². The summed E-state index contributed by atoms with van der Waals surface area (Å²) >= 11 is 0. The molecule has 0 aliphatic heterocycles. The molecule has 0 saturated carbocycles.